The second-order valence-corrected chi connectivity index (χ2v) is 8.01. The summed E-state index contributed by atoms with van der Waals surface area (Å²) >= 11 is -1.32. The maximum absolute atomic E-state index is 12.2. The molecule has 0 aliphatic carbocycles. The van der Waals surface area contributed by atoms with Gasteiger partial charge >= 0.3 is 6.18 Å². The molecule has 0 saturated heterocycles. The van der Waals surface area contributed by atoms with Gasteiger partial charge in [0.15, 0.2) is 6.61 Å². The molecule has 0 aromatic carbocycles. The van der Waals surface area contributed by atoms with E-state index in [0.29, 0.717) is 5.56 Å². The van der Waals surface area contributed by atoms with Crippen LogP contribution in [0.2, 0.25) is 0 Å². The molecule has 1 aromatic rings. The summed E-state index contributed by atoms with van der Waals surface area (Å²) in [6, 6.07) is 1.13. The molecule has 0 radical (unpaired) electrons. The van der Waals surface area contributed by atoms with Gasteiger partial charge in [-0.05, 0) is 39.3 Å². The first-order valence-electron chi connectivity index (χ1n) is 6.91. The number of hydrogen-bond donors (Lipinski definition) is 2. The third-order valence-electron chi connectivity index (χ3n) is 2.83. The van der Waals surface area contributed by atoms with Gasteiger partial charge in [0, 0.05) is 23.1 Å². The van der Waals surface area contributed by atoms with Gasteiger partial charge in [-0.15, -0.1) is 4.72 Å². The lowest BCUT2D eigenvalue weighted by Gasteiger charge is -2.26. The zero-order valence-electron chi connectivity index (χ0n) is 13.4. The van der Waals surface area contributed by atoms with Crippen molar-refractivity contribution in [2.45, 2.75) is 51.3 Å². The van der Waals surface area contributed by atoms with Crippen LogP contribution in [0.3, 0.4) is 0 Å². The molecule has 2 unspecified atom stereocenters. The fourth-order valence-corrected chi connectivity index (χ4v) is 2.36. The van der Waals surface area contributed by atoms with Crippen LogP contribution in [0.4, 0.5) is 13.2 Å². The van der Waals surface area contributed by atoms with Crippen LogP contribution in [-0.4, -0.2) is 32.2 Å². The predicted octanol–water partition coefficient (Wildman–Crippen LogP) is 2.63. The number of pyridine rings is 1. The minimum Gasteiger partial charge on any atom is -0.598 e. The van der Waals surface area contributed by atoms with Crippen LogP contribution >= 0.6 is 0 Å². The maximum Gasteiger partial charge on any atom is 0.422 e. The number of rotatable bonds is 6. The van der Waals surface area contributed by atoms with Gasteiger partial charge in [-0.1, -0.05) is 0 Å². The molecule has 23 heavy (non-hydrogen) atoms. The van der Waals surface area contributed by atoms with Gasteiger partial charge in [0.25, 0.3) is 0 Å². The highest BCUT2D eigenvalue weighted by Crippen LogP contribution is 2.25. The van der Waals surface area contributed by atoms with E-state index in [0.717, 1.165) is 0 Å². The smallest absolute Gasteiger partial charge is 0.422 e. The minimum atomic E-state index is -4.48. The highest BCUT2D eigenvalue weighted by atomic mass is 32.2. The molecule has 0 saturated carbocycles. The van der Waals surface area contributed by atoms with Crippen molar-refractivity contribution in [3.05, 3.63) is 23.4 Å². The number of aliphatic hydroxyl groups is 1. The lowest BCUT2D eigenvalue weighted by atomic mass is 10.1. The minimum absolute atomic E-state index is 0.141. The third kappa shape index (κ3) is 6.54. The van der Waals surface area contributed by atoms with Gasteiger partial charge in [-0.25, -0.2) is 4.98 Å². The average Bonchev–Trinajstić information content (AvgIpc) is 2.42. The van der Waals surface area contributed by atoms with E-state index < -0.39 is 35.5 Å². The molecule has 5 nitrogen and oxygen atoms in total. The molecule has 1 rings (SSSR count). The topological polar surface area (TPSA) is 77.4 Å². The summed E-state index contributed by atoms with van der Waals surface area (Å²) in [7, 11) is 0. The molecular formula is C14H21F3N2O3S. The Bertz CT molecular complexity index is 521. The quantitative estimate of drug-likeness (QED) is 0.768. The maximum atomic E-state index is 12.2. The average molecular weight is 354 g/mol. The van der Waals surface area contributed by atoms with Crippen molar-refractivity contribution in [2.75, 3.05) is 6.61 Å². The Balaban J connectivity index is 2.86. The van der Waals surface area contributed by atoms with Crippen molar-refractivity contribution < 1.29 is 27.6 Å². The lowest BCUT2D eigenvalue weighted by Crippen LogP contribution is -2.40. The number of ether oxygens (including phenoxy) is 1. The number of hydrogen-bond acceptors (Lipinski definition) is 5. The highest BCUT2D eigenvalue weighted by molar-refractivity contribution is 7.90. The fourth-order valence-electron chi connectivity index (χ4n) is 1.55. The summed E-state index contributed by atoms with van der Waals surface area (Å²) in [5.41, 5.74) is 0.730. The zero-order chi connectivity index (χ0) is 17.8. The van der Waals surface area contributed by atoms with Crippen molar-refractivity contribution in [3.8, 4) is 5.88 Å². The number of aliphatic hydroxyl groups excluding tert-OH is 1. The predicted molar refractivity (Wildman–Crippen MR) is 81.2 cm³/mol. The molecule has 1 heterocycles. The molecule has 9 heteroatoms. The van der Waals surface area contributed by atoms with Gasteiger partial charge in [-0.3, -0.25) is 0 Å². The van der Waals surface area contributed by atoms with E-state index >= 15 is 0 Å². The first kappa shape index (κ1) is 20.0. The molecule has 0 aliphatic heterocycles. The Morgan fingerprint density at radius 2 is 2.00 bits per heavy atom. The number of alkyl halides is 3. The molecule has 0 spiro atoms. The Morgan fingerprint density at radius 1 is 1.39 bits per heavy atom. The third-order valence-corrected chi connectivity index (χ3v) is 4.51. The molecular weight excluding hydrogens is 333 g/mol. The van der Waals surface area contributed by atoms with Gasteiger partial charge < -0.3 is 14.4 Å². The van der Waals surface area contributed by atoms with Crippen LogP contribution in [0.1, 0.15) is 44.9 Å². The fraction of sp³-hybridized carbons (Fsp3) is 0.643. The van der Waals surface area contributed by atoms with E-state index in [9.17, 15) is 22.8 Å². The van der Waals surface area contributed by atoms with Crippen molar-refractivity contribution in [1.82, 2.24) is 9.71 Å². The summed E-state index contributed by atoms with van der Waals surface area (Å²) in [5.74, 6) is -0.266. The number of nitrogens with one attached hydrogen (secondary N) is 1. The Labute approximate surface area is 136 Å². The van der Waals surface area contributed by atoms with Crippen LogP contribution in [-0.2, 0) is 18.0 Å². The molecule has 2 N–H and O–H groups in total. The van der Waals surface area contributed by atoms with Crippen LogP contribution in [0, 0.1) is 0 Å². The molecule has 0 amide bonds. The molecule has 0 fully saturated rings. The second-order valence-electron chi connectivity index (χ2n) is 6.02. The molecule has 0 bridgehead atoms. The summed E-state index contributed by atoms with van der Waals surface area (Å²) in [6.07, 6.45) is -3.14. The van der Waals surface area contributed by atoms with Crippen LogP contribution in [0.5, 0.6) is 5.88 Å². The summed E-state index contributed by atoms with van der Waals surface area (Å²) in [5, 5.41) is 9.28. The van der Waals surface area contributed by atoms with Gasteiger partial charge in [0.05, 0.1) is 12.6 Å². The summed E-state index contributed by atoms with van der Waals surface area (Å²) in [4.78, 5) is 3.82. The van der Waals surface area contributed by atoms with E-state index in [1.165, 1.54) is 12.3 Å². The van der Waals surface area contributed by atoms with Crippen LogP contribution in [0.25, 0.3) is 0 Å². The second kappa shape index (κ2) is 7.69. The molecule has 0 aliphatic rings. The first-order valence-corrected chi connectivity index (χ1v) is 8.06. The van der Waals surface area contributed by atoms with E-state index in [1.54, 1.807) is 6.92 Å². The van der Waals surface area contributed by atoms with Crippen molar-refractivity contribution >= 4 is 11.4 Å². The SMILES string of the molecule is CC(N[S+]([O-])C(C)(C)C)c1cnc(OCC(F)(F)F)c(CO)c1. The van der Waals surface area contributed by atoms with Crippen LogP contribution < -0.4 is 9.46 Å². The highest BCUT2D eigenvalue weighted by Gasteiger charge is 2.30. The summed E-state index contributed by atoms with van der Waals surface area (Å²) in [6.45, 7) is 5.20. The standard InChI is InChI=1S/C14H21F3N2O3S/c1-9(19-23(21)13(2,3)4)10-5-11(7-20)12(18-6-10)22-8-14(15,16)17/h5-6,9,19-20H,7-8H2,1-4H3. The first-order chi connectivity index (χ1) is 10.4. The van der Waals surface area contributed by atoms with Gasteiger partial charge in [-0.2, -0.15) is 13.2 Å². The van der Waals surface area contributed by atoms with Crippen molar-refractivity contribution in [3.63, 3.8) is 0 Å². The summed E-state index contributed by atoms with van der Waals surface area (Å²) < 4.78 is 55.6. The number of nitrogens with zero attached hydrogens (tertiary/aromatic N) is 1. The van der Waals surface area contributed by atoms with E-state index in [-0.39, 0.29) is 17.5 Å². The largest absolute Gasteiger partial charge is 0.598 e. The molecule has 1 aromatic heterocycles. The van der Waals surface area contributed by atoms with Crippen LogP contribution in [0.15, 0.2) is 12.3 Å². The van der Waals surface area contributed by atoms with E-state index in [4.69, 9.17) is 0 Å². The molecule has 2 atom stereocenters. The zero-order valence-corrected chi connectivity index (χ0v) is 14.2. The Morgan fingerprint density at radius 3 is 2.48 bits per heavy atom. The van der Waals surface area contributed by atoms with E-state index in [2.05, 4.69) is 14.4 Å². The van der Waals surface area contributed by atoms with E-state index in [1.807, 2.05) is 20.8 Å². The van der Waals surface area contributed by atoms with Gasteiger partial charge in [0.1, 0.15) is 4.75 Å². The Hall–Kier alpha value is -1.03. The van der Waals surface area contributed by atoms with Crippen molar-refractivity contribution in [1.29, 1.82) is 0 Å². The van der Waals surface area contributed by atoms with Gasteiger partial charge in [0.2, 0.25) is 5.88 Å². The van der Waals surface area contributed by atoms with Crippen molar-refractivity contribution in [2.24, 2.45) is 0 Å². The number of halogens is 3. The lowest BCUT2D eigenvalue weighted by molar-refractivity contribution is -0.154. The number of aromatic nitrogens is 1. The normalized spacial score (nSPS) is 15.3. The Kier molecular flexibility index (Phi) is 6.70. The monoisotopic (exact) mass is 354 g/mol. The molecule has 132 valence electrons.